The summed E-state index contributed by atoms with van der Waals surface area (Å²) >= 11 is 0. The van der Waals surface area contributed by atoms with Gasteiger partial charge in [0.1, 0.15) is 5.69 Å². The zero-order valence-electron chi connectivity index (χ0n) is 14.1. The molecule has 1 aliphatic heterocycles. The van der Waals surface area contributed by atoms with Gasteiger partial charge in [0.25, 0.3) is 5.84 Å². The van der Waals surface area contributed by atoms with Crippen molar-refractivity contribution < 1.29 is 4.68 Å². The van der Waals surface area contributed by atoms with Crippen molar-refractivity contribution in [2.45, 2.75) is 13.1 Å². The van der Waals surface area contributed by atoms with E-state index in [0.717, 1.165) is 22.8 Å². The molecule has 1 N–H and O–H groups in total. The number of benzene rings is 3. The van der Waals surface area contributed by atoms with Gasteiger partial charge >= 0.3 is 0 Å². The van der Waals surface area contributed by atoms with Gasteiger partial charge in [0.2, 0.25) is 6.17 Å². The van der Waals surface area contributed by atoms with Crippen LogP contribution in [0.3, 0.4) is 0 Å². The highest BCUT2D eigenvalue weighted by Gasteiger charge is 2.35. The fraction of sp³-hybridized carbons (Fsp3) is 0.0952. The maximum absolute atomic E-state index is 4.92. The van der Waals surface area contributed by atoms with Gasteiger partial charge in [0.15, 0.2) is 5.69 Å². The number of amidine groups is 1. The van der Waals surface area contributed by atoms with E-state index in [4.69, 9.17) is 5.43 Å². The lowest BCUT2D eigenvalue weighted by Gasteiger charge is -2.29. The molecule has 0 saturated carbocycles. The van der Waals surface area contributed by atoms with Gasteiger partial charge in [-0.25, -0.2) is 0 Å². The van der Waals surface area contributed by atoms with Crippen molar-refractivity contribution in [1.29, 1.82) is 0 Å². The molecule has 1 heterocycles. The van der Waals surface area contributed by atoms with Gasteiger partial charge in [-0.15, -0.1) is 15.1 Å². The van der Waals surface area contributed by atoms with Crippen molar-refractivity contribution in [2.75, 3.05) is 5.01 Å². The van der Waals surface area contributed by atoms with Crippen molar-refractivity contribution >= 4 is 17.2 Å². The Hall–Kier alpha value is -3.11. The highest BCUT2D eigenvalue weighted by atomic mass is 15.7. The van der Waals surface area contributed by atoms with Crippen LogP contribution in [0.2, 0.25) is 0 Å². The first-order chi connectivity index (χ1) is 12.3. The third kappa shape index (κ3) is 3.12. The van der Waals surface area contributed by atoms with Crippen LogP contribution in [0.25, 0.3) is 0 Å². The van der Waals surface area contributed by atoms with Gasteiger partial charge in [-0.05, 0) is 29.8 Å². The number of rotatable bonds is 3. The van der Waals surface area contributed by atoms with E-state index in [0.29, 0.717) is 0 Å². The van der Waals surface area contributed by atoms with Crippen LogP contribution >= 0.6 is 0 Å². The minimum Gasteiger partial charge on any atom is -0.146 e. The highest BCUT2D eigenvalue weighted by molar-refractivity contribution is 5.92. The van der Waals surface area contributed by atoms with Crippen molar-refractivity contribution in [2.24, 2.45) is 0 Å². The van der Waals surface area contributed by atoms with Crippen molar-refractivity contribution in [3.63, 3.8) is 0 Å². The first-order valence-electron chi connectivity index (χ1n) is 8.39. The van der Waals surface area contributed by atoms with Crippen molar-refractivity contribution in [3.05, 3.63) is 96.6 Å². The lowest BCUT2D eigenvalue weighted by molar-refractivity contribution is -0.530. The SMILES string of the molecule is CC1=[N+](c2ccccc2)[N]C(c2ccccc2)NN1c1ccccc1. The first-order valence-corrected chi connectivity index (χ1v) is 8.39. The molecule has 3 aromatic carbocycles. The molecule has 1 radical (unpaired) electrons. The molecule has 0 saturated heterocycles. The maximum Gasteiger partial charge on any atom is 0.298 e. The number of para-hydroxylation sites is 2. The molecule has 4 rings (SSSR count). The second kappa shape index (κ2) is 6.79. The third-order valence-corrected chi connectivity index (χ3v) is 4.24. The lowest BCUT2D eigenvalue weighted by atomic mass is 10.2. The fourth-order valence-corrected chi connectivity index (χ4v) is 2.97. The van der Waals surface area contributed by atoms with E-state index < -0.39 is 0 Å². The zero-order valence-corrected chi connectivity index (χ0v) is 14.1. The summed E-state index contributed by atoms with van der Waals surface area (Å²) in [6, 6.07) is 30.8. The zero-order chi connectivity index (χ0) is 17.1. The molecule has 25 heavy (non-hydrogen) atoms. The number of nitrogens with zero attached hydrogens (tertiary/aromatic N) is 3. The third-order valence-electron chi connectivity index (χ3n) is 4.24. The number of hydrazine groups is 1. The predicted molar refractivity (Wildman–Crippen MR) is 100 cm³/mol. The van der Waals surface area contributed by atoms with E-state index in [-0.39, 0.29) is 6.17 Å². The van der Waals surface area contributed by atoms with E-state index in [1.54, 1.807) is 0 Å². The molecule has 3 aromatic rings. The first kappa shape index (κ1) is 15.4. The second-order valence-electron chi connectivity index (χ2n) is 5.92. The monoisotopic (exact) mass is 328 g/mol. The molecule has 0 bridgehead atoms. The lowest BCUT2D eigenvalue weighted by Crippen LogP contribution is -2.56. The molecule has 1 unspecified atom stereocenters. The predicted octanol–water partition coefficient (Wildman–Crippen LogP) is 3.99. The smallest absolute Gasteiger partial charge is 0.146 e. The number of anilines is 1. The van der Waals surface area contributed by atoms with E-state index in [9.17, 15) is 0 Å². The van der Waals surface area contributed by atoms with E-state index in [1.165, 1.54) is 0 Å². The molecular formula is C21H20N4+. The van der Waals surface area contributed by atoms with Crippen LogP contribution in [0.5, 0.6) is 0 Å². The summed E-state index contributed by atoms with van der Waals surface area (Å²) in [5, 5.41) is 2.09. The largest absolute Gasteiger partial charge is 0.298 e. The summed E-state index contributed by atoms with van der Waals surface area (Å²) < 4.78 is 2.00. The van der Waals surface area contributed by atoms with Crippen LogP contribution in [-0.2, 0) is 0 Å². The molecule has 4 heteroatoms. The summed E-state index contributed by atoms with van der Waals surface area (Å²) in [6.45, 7) is 2.07. The Morgan fingerprint density at radius 1 is 0.800 bits per heavy atom. The van der Waals surface area contributed by atoms with Crippen LogP contribution in [0.4, 0.5) is 11.4 Å². The highest BCUT2D eigenvalue weighted by Crippen LogP contribution is 2.23. The van der Waals surface area contributed by atoms with Gasteiger partial charge < -0.3 is 0 Å². The Bertz CT molecular complexity index is 860. The fourth-order valence-electron chi connectivity index (χ4n) is 2.97. The molecule has 0 aliphatic carbocycles. The standard InChI is InChI=1S/C21H20N4/c1-17-24(19-13-7-3-8-14-19)22-21(18-11-5-2-6-12-18)23-25(17)20-15-9-4-10-16-20/h2-16,21-22H,1H3/q+1. The molecule has 0 fully saturated rings. The van der Waals surface area contributed by atoms with E-state index in [2.05, 4.69) is 53.8 Å². The molecule has 1 atom stereocenters. The normalized spacial score (nSPS) is 17.3. The Kier molecular flexibility index (Phi) is 4.19. The minimum atomic E-state index is -0.162. The molecule has 123 valence electrons. The van der Waals surface area contributed by atoms with Gasteiger partial charge in [0.05, 0.1) is 0 Å². The Morgan fingerprint density at radius 2 is 1.36 bits per heavy atom. The molecule has 0 spiro atoms. The van der Waals surface area contributed by atoms with Crippen molar-refractivity contribution in [1.82, 2.24) is 10.9 Å². The van der Waals surface area contributed by atoms with Gasteiger partial charge in [-0.3, -0.25) is 0 Å². The molecule has 0 aromatic heterocycles. The Morgan fingerprint density at radius 3 is 2.00 bits per heavy atom. The van der Waals surface area contributed by atoms with Gasteiger partial charge in [-0.2, -0.15) is 0 Å². The van der Waals surface area contributed by atoms with Gasteiger partial charge in [-0.1, -0.05) is 72.2 Å². The Labute approximate surface area is 148 Å². The average molecular weight is 328 g/mol. The Balaban J connectivity index is 1.79. The summed E-state index contributed by atoms with van der Waals surface area (Å²) in [7, 11) is 0. The summed E-state index contributed by atoms with van der Waals surface area (Å²) in [4.78, 5) is 0. The van der Waals surface area contributed by atoms with Crippen LogP contribution in [0.15, 0.2) is 91.0 Å². The number of hydrogen-bond acceptors (Lipinski definition) is 2. The maximum atomic E-state index is 4.92. The van der Waals surface area contributed by atoms with Crippen molar-refractivity contribution in [3.8, 4) is 0 Å². The summed E-state index contributed by atoms with van der Waals surface area (Å²) in [6.07, 6.45) is -0.162. The van der Waals surface area contributed by atoms with Crippen LogP contribution < -0.4 is 15.9 Å². The average Bonchev–Trinajstić information content (AvgIpc) is 2.70. The minimum absolute atomic E-state index is 0.162. The number of nitrogens with one attached hydrogen (secondary N) is 1. The second-order valence-corrected chi connectivity index (χ2v) is 5.92. The topological polar surface area (TPSA) is 32.4 Å². The van der Waals surface area contributed by atoms with Crippen LogP contribution in [-0.4, -0.2) is 10.5 Å². The summed E-state index contributed by atoms with van der Waals surface area (Å²) in [5.41, 5.74) is 11.7. The van der Waals surface area contributed by atoms with E-state index >= 15 is 0 Å². The van der Waals surface area contributed by atoms with E-state index in [1.807, 2.05) is 59.3 Å². The van der Waals surface area contributed by atoms with Crippen LogP contribution in [0.1, 0.15) is 18.7 Å². The molecule has 4 nitrogen and oxygen atoms in total. The molecule has 1 aliphatic rings. The number of hydrogen-bond donors (Lipinski definition) is 1. The molecular weight excluding hydrogens is 308 g/mol. The van der Waals surface area contributed by atoms with Crippen LogP contribution in [0, 0.1) is 0 Å². The quantitative estimate of drug-likeness (QED) is 0.737. The molecule has 0 amide bonds. The summed E-state index contributed by atoms with van der Waals surface area (Å²) in [5.74, 6) is 1.00. The van der Waals surface area contributed by atoms with Gasteiger partial charge in [0, 0.05) is 6.92 Å².